The third-order valence-corrected chi connectivity index (χ3v) is 2.15. The van der Waals surface area contributed by atoms with Crippen molar-refractivity contribution in [3.63, 3.8) is 0 Å². The summed E-state index contributed by atoms with van der Waals surface area (Å²) in [5, 5.41) is 0. The van der Waals surface area contributed by atoms with Crippen molar-refractivity contribution in [3.8, 4) is 0 Å². The minimum absolute atomic E-state index is 0.0560. The van der Waals surface area contributed by atoms with E-state index in [2.05, 4.69) is 4.98 Å². The third kappa shape index (κ3) is 1.58. The van der Waals surface area contributed by atoms with Crippen molar-refractivity contribution in [2.75, 3.05) is 13.1 Å². The highest BCUT2D eigenvalue weighted by atomic mass is 19.1. The Morgan fingerprint density at radius 2 is 2.29 bits per heavy atom. The second kappa shape index (κ2) is 3.34. The molecule has 0 bridgehead atoms. The summed E-state index contributed by atoms with van der Waals surface area (Å²) in [5.41, 5.74) is 5.81. The van der Waals surface area contributed by atoms with Crippen LogP contribution in [0.4, 0.5) is 4.39 Å². The van der Waals surface area contributed by atoms with Gasteiger partial charge in [0.1, 0.15) is 5.82 Å². The van der Waals surface area contributed by atoms with Crippen molar-refractivity contribution in [2.45, 2.75) is 6.04 Å². The fourth-order valence-electron chi connectivity index (χ4n) is 1.39. The molecule has 0 saturated carbocycles. The zero-order valence-corrected chi connectivity index (χ0v) is 7.48. The molecule has 14 heavy (non-hydrogen) atoms. The third-order valence-electron chi connectivity index (χ3n) is 2.15. The van der Waals surface area contributed by atoms with E-state index in [-0.39, 0.29) is 17.5 Å². The van der Waals surface area contributed by atoms with Gasteiger partial charge in [-0.2, -0.15) is 0 Å². The molecule has 2 N–H and O–H groups in total. The van der Waals surface area contributed by atoms with Gasteiger partial charge in [0.05, 0.1) is 11.8 Å². The lowest BCUT2D eigenvalue weighted by atomic mass is 10.1. The van der Waals surface area contributed by atoms with Crippen molar-refractivity contribution in [1.82, 2.24) is 9.88 Å². The van der Waals surface area contributed by atoms with Gasteiger partial charge in [0.15, 0.2) is 0 Å². The van der Waals surface area contributed by atoms with Crippen LogP contribution in [0, 0.1) is 5.82 Å². The molecule has 1 aromatic heterocycles. The Morgan fingerprint density at radius 3 is 2.86 bits per heavy atom. The van der Waals surface area contributed by atoms with Crippen molar-refractivity contribution >= 4 is 5.91 Å². The molecule has 0 aliphatic carbocycles. The quantitative estimate of drug-likeness (QED) is 0.686. The van der Waals surface area contributed by atoms with Crippen molar-refractivity contribution in [2.24, 2.45) is 5.73 Å². The standard InChI is InChI=1S/C9H10FN3O/c10-7-1-6(2-12-3-7)9(14)13-4-8(11)5-13/h1-3,8H,4-5,11H2. The zero-order valence-electron chi connectivity index (χ0n) is 7.48. The Hall–Kier alpha value is -1.49. The number of amides is 1. The van der Waals surface area contributed by atoms with Crippen LogP contribution in [0.2, 0.25) is 0 Å². The van der Waals surface area contributed by atoms with Crippen LogP contribution in [0.25, 0.3) is 0 Å². The fraction of sp³-hybridized carbons (Fsp3) is 0.333. The lowest BCUT2D eigenvalue weighted by Crippen LogP contribution is -2.57. The van der Waals surface area contributed by atoms with E-state index in [1.165, 1.54) is 12.3 Å². The van der Waals surface area contributed by atoms with Crippen LogP contribution in [-0.4, -0.2) is 34.9 Å². The Morgan fingerprint density at radius 1 is 1.57 bits per heavy atom. The molecular weight excluding hydrogens is 185 g/mol. The summed E-state index contributed by atoms with van der Waals surface area (Å²) >= 11 is 0. The number of carbonyl (C=O) groups excluding carboxylic acids is 1. The Bertz CT molecular complexity index is 363. The molecule has 0 atom stereocenters. The van der Waals surface area contributed by atoms with Crippen molar-refractivity contribution in [3.05, 3.63) is 29.8 Å². The van der Waals surface area contributed by atoms with Crippen LogP contribution in [-0.2, 0) is 0 Å². The number of aromatic nitrogens is 1. The molecule has 2 heterocycles. The SMILES string of the molecule is NC1CN(C(=O)c2cncc(F)c2)C1. The number of hydrogen-bond donors (Lipinski definition) is 1. The topological polar surface area (TPSA) is 59.2 Å². The van der Waals surface area contributed by atoms with Crippen LogP contribution < -0.4 is 5.73 Å². The minimum atomic E-state index is -0.499. The van der Waals surface area contributed by atoms with Crippen LogP contribution in [0.3, 0.4) is 0 Å². The number of carbonyl (C=O) groups is 1. The van der Waals surface area contributed by atoms with E-state index < -0.39 is 5.82 Å². The van der Waals surface area contributed by atoms with Crippen LogP contribution in [0.15, 0.2) is 18.5 Å². The lowest BCUT2D eigenvalue weighted by molar-refractivity contribution is 0.0607. The van der Waals surface area contributed by atoms with E-state index in [0.29, 0.717) is 13.1 Å². The van der Waals surface area contributed by atoms with Gasteiger partial charge in [-0.1, -0.05) is 0 Å². The highest BCUT2D eigenvalue weighted by molar-refractivity contribution is 5.94. The molecule has 1 aliphatic rings. The Balaban J connectivity index is 2.12. The van der Waals surface area contributed by atoms with Crippen LogP contribution in [0.1, 0.15) is 10.4 Å². The van der Waals surface area contributed by atoms with E-state index in [0.717, 1.165) is 6.20 Å². The summed E-state index contributed by atoms with van der Waals surface area (Å²) in [5.74, 6) is -0.709. The number of hydrogen-bond acceptors (Lipinski definition) is 3. The summed E-state index contributed by atoms with van der Waals surface area (Å²) in [6.45, 7) is 1.07. The predicted molar refractivity (Wildman–Crippen MR) is 48.1 cm³/mol. The fourth-order valence-corrected chi connectivity index (χ4v) is 1.39. The molecule has 1 fully saturated rings. The maximum atomic E-state index is 12.7. The molecule has 1 saturated heterocycles. The van der Waals surface area contributed by atoms with Crippen molar-refractivity contribution < 1.29 is 9.18 Å². The van der Waals surface area contributed by atoms with Crippen LogP contribution in [0.5, 0.6) is 0 Å². The number of likely N-dealkylation sites (tertiary alicyclic amines) is 1. The molecule has 0 aromatic carbocycles. The summed E-state index contributed by atoms with van der Waals surface area (Å²) in [7, 11) is 0. The van der Waals surface area contributed by atoms with Gasteiger partial charge in [0, 0.05) is 25.3 Å². The van der Waals surface area contributed by atoms with Gasteiger partial charge in [-0.25, -0.2) is 4.39 Å². The van der Waals surface area contributed by atoms with E-state index >= 15 is 0 Å². The molecule has 1 amide bonds. The lowest BCUT2D eigenvalue weighted by Gasteiger charge is -2.36. The first-order valence-electron chi connectivity index (χ1n) is 4.32. The molecule has 0 spiro atoms. The van der Waals surface area contributed by atoms with Gasteiger partial charge in [-0.3, -0.25) is 9.78 Å². The second-order valence-electron chi connectivity index (χ2n) is 3.36. The highest BCUT2D eigenvalue weighted by Crippen LogP contribution is 2.11. The van der Waals surface area contributed by atoms with Gasteiger partial charge in [0.2, 0.25) is 0 Å². The van der Waals surface area contributed by atoms with Gasteiger partial charge in [-0.15, -0.1) is 0 Å². The zero-order chi connectivity index (χ0) is 10.1. The summed E-state index contributed by atoms with van der Waals surface area (Å²) in [6.07, 6.45) is 2.42. The maximum Gasteiger partial charge on any atom is 0.255 e. The molecule has 4 nitrogen and oxygen atoms in total. The molecule has 5 heteroatoms. The number of nitrogens with zero attached hydrogens (tertiary/aromatic N) is 2. The first kappa shape index (κ1) is 9.08. The van der Waals surface area contributed by atoms with E-state index in [1.54, 1.807) is 4.90 Å². The Kier molecular flexibility index (Phi) is 2.17. The summed E-state index contributed by atoms with van der Waals surface area (Å²) < 4.78 is 12.7. The van der Waals surface area contributed by atoms with E-state index in [9.17, 15) is 9.18 Å². The number of pyridine rings is 1. The first-order valence-corrected chi connectivity index (χ1v) is 4.32. The van der Waals surface area contributed by atoms with Crippen molar-refractivity contribution in [1.29, 1.82) is 0 Å². The molecule has 0 radical (unpaired) electrons. The average molecular weight is 195 g/mol. The van der Waals surface area contributed by atoms with Gasteiger partial charge in [0.25, 0.3) is 5.91 Å². The second-order valence-corrected chi connectivity index (χ2v) is 3.36. The summed E-state index contributed by atoms with van der Waals surface area (Å²) in [4.78, 5) is 16.8. The number of nitrogens with two attached hydrogens (primary N) is 1. The highest BCUT2D eigenvalue weighted by Gasteiger charge is 2.28. The van der Waals surface area contributed by atoms with E-state index in [1.807, 2.05) is 0 Å². The Labute approximate surface area is 80.5 Å². The molecule has 74 valence electrons. The largest absolute Gasteiger partial charge is 0.335 e. The molecule has 1 aromatic rings. The molecular formula is C9H10FN3O. The van der Waals surface area contributed by atoms with Gasteiger partial charge < -0.3 is 10.6 Å². The predicted octanol–water partition coefficient (Wildman–Crippen LogP) is 0.00380. The maximum absolute atomic E-state index is 12.7. The van der Waals surface area contributed by atoms with Crippen LogP contribution >= 0.6 is 0 Å². The van der Waals surface area contributed by atoms with Gasteiger partial charge >= 0.3 is 0 Å². The molecule has 2 rings (SSSR count). The molecule has 0 unspecified atom stereocenters. The number of halogens is 1. The van der Waals surface area contributed by atoms with E-state index in [4.69, 9.17) is 5.73 Å². The first-order chi connectivity index (χ1) is 6.66. The average Bonchev–Trinajstić information content (AvgIpc) is 2.12. The normalized spacial score (nSPS) is 16.6. The smallest absolute Gasteiger partial charge is 0.255 e. The number of rotatable bonds is 1. The van der Waals surface area contributed by atoms with Gasteiger partial charge in [-0.05, 0) is 6.07 Å². The summed E-state index contributed by atoms with van der Waals surface area (Å²) in [6, 6.07) is 1.24. The monoisotopic (exact) mass is 195 g/mol. The molecule has 1 aliphatic heterocycles. The minimum Gasteiger partial charge on any atom is -0.335 e.